The van der Waals surface area contributed by atoms with E-state index < -0.39 is 11.4 Å². The first-order valence-corrected chi connectivity index (χ1v) is 9.48. The van der Waals surface area contributed by atoms with Crippen molar-refractivity contribution in [2.75, 3.05) is 13.2 Å². The van der Waals surface area contributed by atoms with E-state index in [9.17, 15) is 14.0 Å². The molecular formula is C21H27FO5. The Kier molecular flexibility index (Phi) is 7.82. The lowest BCUT2D eigenvalue weighted by molar-refractivity contribution is -0.147. The number of hydrogen-bond acceptors (Lipinski definition) is 5. The van der Waals surface area contributed by atoms with Gasteiger partial charge in [0.05, 0.1) is 19.1 Å². The third kappa shape index (κ3) is 5.81. The van der Waals surface area contributed by atoms with E-state index in [0.717, 1.165) is 25.7 Å². The predicted octanol–water partition coefficient (Wildman–Crippen LogP) is 4.63. The lowest BCUT2D eigenvalue weighted by Crippen LogP contribution is -2.12. The van der Waals surface area contributed by atoms with Gasteiger partial charge >= 0.3 is 11.6 Å². The van der Waals surface area contributed by atoms with Crippen molar-refractivity contribution in [3.8, 4) is 5.75 Å². The molecule has 27 heavy (non-hydrogen) atoms. The first-order valence-electron chi connectivity index (χ1n) is 9.48. The van der Waals surface area contributed by atoms with Crippen LogP contribution < -0.4 is 10.4 Å². The molecule has 1 heterocycles. The Morgan fingerprint density at radius 3 is 2.52 bits per heavy atom. The Morgan fingerprint density at radius 1 is 1.15 bits per heavy atom. The van der Waals surface area contributed by atoms with Gasteiger partial charge in [0.1, 0.15) is 11.3 Å². The number of aryl methyl sites for hydroxylation is 1. The molecule has 0 aliphatic rings. The average molecular weight is 378 g/mol. The maximum Gasteiger partial charge on any atom is 0.372 e. The van der Waals surface area contributed by atoms with Crippen molar-refractivity contribution in [1.82, 2.24) is 0 Å². The zero-order valence-electron chi connectivity index (χ0n) is 16.2. The molecule has 6 heteroatoms. The van der Waals surface area contributed by atoms with Gasteiger partial charge in [0, 0.05) is 17.0 Å². The van der Waals surface area contributed by atoms with E-state index in [0.29, 0.717) is 41.9 Å². The van der Waals surface area contributed by atoms with Crippen molar-refractivity contribution < 1.29 is 23.1 Å². The number of benzene rings is 1. The molecule has 0 aliphatic heterocycles. The van der Waals surface area contributed by atoms with E-state index in [-0.39, 0.29) is 11.9 Å². The van der Waals surface area contributed by atoms with Crippen LogP contribution in [0.2, 0.25) is 0 Å². The zero-order chi connectivity index (χ0) is 19.8. The van der Waals surface area contributed by atoms with Crippen molar-refractivity contribution in [2.24, 2.45) is 5.92 Å². The Hall–Kier alpha value is -2.37. The molecule has 5 nitrogen and oxygen atoms in total. The number of fused-ring (bicyclic) bond motifs is 1. The number of halogens is 1. The van der Waals surface area contributed by atoms with Gasteiger partial charge < -0.3 is 13.9 Å². The van der Waals surface area contributed by atoms with Crippen LogP contribution in [-0.2, 0) is 16.0 Å². The smallest absolute Gasteiger partial charge is 0.372 e. The fourth-order valence-corrected chi connectivity index (χ4v) is 2.75. The largest absolute Gasteiger partial charge is 0.493 e. The summed E-state index contributed by atoms with van der Waals surface area (Å²) in [6, 6.07) is 5.10. The fourth-order valence-electron chi connectivity index (χ4n) is 2.75. The third-order valence-electron chi connectivity index (χ3n) is 4.30. The van der Waals surface area contributed by atoms with Gasteiger partial charge in [0.25, 0.3) is 0 Å². The molecule has 1 aromatic carbocycles. The van der Waals surface area contributed by atoms with Gasteiger partial charge in [-0.2, -0.15) is 4.39 Å². The van der Waals surface area contributed by atoms with Crippen LogP contribution in [0.25, 0.3) is 11.0 Å². The highest BCUT2D eigenvalue weighted by Gasteiger charge is 2.13. The van der Waals surface area contributed by atoms with E-state index in [1.807, 2.05) is 13.8 Å². The molecule has 0 aliphatic carbocycles. The molecule has 0 radical (unpaired) electrons. The van der Waals surface area contributed by atoms with E-state index in [4.69, 9.17) is 13.9 Å². The summed E-state index contributed by atoms with van der Waals surface area (Å²) in [7, 11) is 0. The molecular weight excluding hydrogens is 351 g/mol. The highest BCUT2D eigenvalue weighted by molar-refractivity contribution is 5.81. The van der Waals surface area contributed by atoms with Crippen molar-refractivity contribution in [2.45, 2.75) is 52.9 Å². The second-order valence-corrected chi connectivity index (χ2v) is 6.78. The Bertz CT molecular complexity index is 825. The Morgan fingerprint density at radius 2 is 1.85 bits per heavy atom. The SMILES string of the molecule is CCc1c(F)c(=O)oc2cc(OCCCCCCOC(=O)C(C)C)ccc12. The summed E-state index contributed by atoms with van der Waals surface area (Å²) in [5.74, 6) is -0.481. The first-order chi connectivity index (χ1) is 12.9. The molecule has 0 bridgehead atoms. The van der Waals surface area contributed by atoms with Crippen LogP contribution in [0.15, 0.2) is 27.4 Å². The van der Waals surface area contributed by atoms with E-state index in [1.54, 1.807) is 25.1 Å². The zero-order valence-corrected chi connectivity index (χ0v) is 16.2. The maximum atomic E-state index is 13.8. The van der Waals surface area contributed by atoms with Crippen molar-refractivity contribution in [3.05, 3.63) is 40.0 Å². The van der Waals surface area contributed by atoms with Gasteiger partial charge in [-0.05, 0) is 44.2 Å². The highest BCUT2D eigenvalue weighted by Crippen LogP contribution is 2.24. The van der Waals surface area contributed by atoms with Crippen LogP contribution in [0.3, 0.4) is 0 Å². The standard InChI is InChI=1S/C21H27FO5/c1-4-16-17-10-9-15(13-18(17)27-21(24)19(16)22)25-11-7-5-6-8-12-26-20(23)14(2)3/h9-10,13-14H,4-8,11-12H2,1-3H3. The monoisotopic (exact) mass is 378 g/mol. The summed E-state index contributed by atoms with van der Waals surface area (Å²) >= 11 is 0. The van der Waals surface area contributed by atoms with Gasteiger partial charge in [-0.25, -0.2) is 4.79 Å². The fraction of sp³-hybridized carbons (Fsp3) is 0.524. The summed E-state index contributed by atoms with van der Waals surface area (Å²) in [6.07, 6.45) is 4.04. The molecule has 148 valence electrons. The number of carbonyl (C=O) groups is 1. The molecule has 0 saturated heterocycles. The second kappa shape index (κ2) is 10.1. The number of unbranched alkanes of at least 4 members (excludes halogenated alkanes) is 3. The lowest BCUT2D eigenvalue weighted by Gasteiger charge is -2.09. The molecule has 0 N–H and O–H groups in total. The highest BCUT2D eigenvalue weighted by atomic mass is 19.1. The lowest BCUT2D eigenvalue weighted by atomic mass is 10.1. The minimum Gasteiger partial charge on any atom is -0.493 e. The van der Waals surface area contributed by atoms with Crippen LogP contribution in [-0.4, -0.2) is 19.2 Å². The van der Waals surface area contributed by atoms with Gasteiger partial charge in [-0.1, -0.05) is 20.8 Å². The topological polar surface area (TPSA) is 65.7 Å². The van der Waals surface area contributed by atoms with Gasteiger partial charge in [0.15, 0.2) is 0 Å². The van der Waals surface area contributed by atoms with Gasteiger partial charge in [0.2, 0.25) is 5.82 Å². The van der Waals surface area contributed by atoms with Crippen LogP contribution in [0.1, 0.15) is 52.0 Å². The van der Waals surface area contributed by atoms with Gasteiger partial charge in [-0.15, -0.1) is 0 Å². The van der Waals surface area contributed by atoms with E-state index in [1.165, 1.54) is 0 Å². The van der Waals surface area contributed by atoms with Crippen LogP contribution >= 0.6 is 0 Å². The minimum absolute atomic E-state index is 0.0883. The minimum atomic E-state index is -0.949. The average Bonchev–Trinajstić information content (AvgIpc) is 2.64. The molecule has 2 rings (SSSR count). The van der Waals surface area contributed by atoms with Crippen molar-refractivity contribution in [3.63, 3.8) is 0 Å². The molecule has 0 atom stereocenters. The summed E-state index contributed by atoms with van der Waals surface area (Å²) in [6.45, 7) is 6.42. The normalized spacial score (nSPS) is 11.1. The van der Waals surface area contributed by atoms with Crippen LogP contribution in [0, 0.1) is 11.7 Å². The number of esters is 1. The number of rotatable bonds is 10. The van der Waals surface area contributed by atoms with Crippen LogP contribution in [0.5, 0.6) is 5.75 Å². The summed E-state index contributed by atoms with van der Waals surface area (Å²) in [5, 5.41) is 0.595. The maximum absolute atomic E-state index is 13.8. The molecule has 0 spiro atoms. The Labute approximate surface area is 158 Å². The summed E-state index contributed by atoms with van der Waals surface area (Å²) < 4.78 is 29.7. The van der Waals surface area contributed by atoms with Crippen molar-refractivity contribution in [1.29, 1.82) is 0 Å². The number of ether oxygens (including phenoxy) is 2. The van der Waals surface area contributed by atoms with Crippen LogP contribution in [0.4, 0.5) is 4.39 Å². The number of carbonyl (C=O) groups excluding carboxylic acids is 1. The summed E-state index contributed by atoms with van der Waals surface area (Å²) in [4.78, 5) is 22.9. The number of hydrogen-bond donors (Lipinski definition) is 0. The van der Waals surface area contributed by atoms with E-state index in [2.05, 4.69) is 0 Å². The molecule has 2 aromatic rings. The molecule has 1 aromatic heterocycles. The first kappa shape index (κ1) is 20.9. The predicted molar refractivity (Wildman–Crippen MR) is 102 cm³/mol. The molecule has 0 unspecified atom stereocenters. The summed E-state index contributed by atoms with van der Waals surface area (Å²) in [5.41, 5.74) is -0.247. The second-order valence-electron chi connectivity index (χ2n) is 6.78. The molecule has 0 fully saturated rings. The molecule has 0 saturated carbocycles. The quantitative estimate of drug-likeness (QED) is 0.342. The Balaban J connectivity index is 1.77. The third-order valence-corrected chi connectivity index (χ3v) is 4.30. The van der Waals surface area contributed by atoms with Crippen molar-refractivity contribution >= 4 is 16.9 Å². The molecule has 0 amide bonds. The van der Waals surface area contributed by atoms with Gasteiger partial charge in [-0.3, -0.25) is 4.79 Å². The van der Waals surface area contributed by atoms with E-state index >= 15 is 0 Å².